The fraction of sp³-hybridized carbons (Fsp3) is 0.364. The summed E-state index contributed by atoms with van der Waals surface area (Å²) in [6, 6.07) is 10.3. The number of aromatic nitrogens is 4. The largest absolute Gasteiger partial charge is 0.416 e. The van der Waals surface area contributed by atoms with Crippen molar-refractivity contribution < 1.29 is 18.0 Å². The summed E-state index contributed by atoms with van der Waals surface area (Å²) in [7, 11) is 0. The van der Waals surface area contributed by atoms with Crippen LogP contribution < -0.4 is 10.2 Å². The molecule has 3 aromatic rings. The molecule has 1 aliphatic rings. The van der Waals surface area contributed by atoms with Gasteiger partial charge in [0, 0.05) is 24.5 Å². The van der Waals surface area contributed by atoms with Crippen LogP contribution in [0.2, 0.25) is 0 Å². The van der Waals surface area contributed by atoms with E-state index in [0.717, 1.165) is 36.5 Å². The third-order valence-electron chi connectivity index (χ3n) is 5.44. The quantitative estimate of drug-likeness (QED) is 0.654. The van der Waals surface area contributed by atoms with E-state index in [4.69, 9.17) is 0 Å². The third kappa shape index (κ3) is 4.74. The molecule has 1 atom stereocenters. The average Bonchev–Trinajstić information content (AvgIpc) is 3.11. The lowest BCUT2D eigenvalue weighted by Crippen LogP contribution is -2.41. The van der Waals surface area contributed by atoms with Crippen molar-refractivity contribution in [1.82, 2.24) is 20.0 Å². The number of aryl methyl sites for hydroxylation is 2. The molecule has 1 saturated heterocycles. The first-order valence-corrected chi connectivity index (χ1v) is 10.3. The zero-order chi connectivity index (χ0) is 22.9. The molecule has 1 unspecified atom stereocenters. The molecule has 7 nitrogen and oxygen atoms in total. The number of nitrogens with one attached hydrogen (secondary N) is 1. The van der Waals surface area contributed by atoms with Crippen LogP contribution in [-0.2, 0) is 11.0 Å². The molecule has 3 heterocycles. The van der Waals surface area contributed by atoms with E-state index in [1.165, 1.54) is 12.1 Å². The van der Waals surface area contributed by atoms with E-state index in [2.05, 4.69) is 20.6 Å². The molecule has 0 radical (unpaired) electrons. The number of amides is 1. The van der Waals surface area contributed by atoms with Gasteiger partial charge in [-0.1, -0.05) is 6.07 Å². The van der Waals surface area contributed by atoms with E-state index < -0.39 is 11.7 Å². The van der Waals surface area contributed by atoms with Crippen molar-refractivity contribution in [3.05, 3.63) is 59.4 Å². The van der Waals surface area contributed by atoms with Gasteiger partial charge in [-0.2, -0.15) is 18.3 Å². The van der Waals surface area contributed by atoms with Gasteiger partial charge >= 0.3 is 6.18 Å². The Morgan fingerprint density at radius 1 is 1.09 bits per heavy atom. The second kappa shape index (κ2) is 8.60. The Bertz CT molecular complexity index is 1110. The fourth-order valence-electron chi connectivity index (χ4n) is 3.88. The van der Waals surface area contributed by atoms with Crippen LogP contribution in [0.15, 0.2) is 42.5 Å². The van der Waals surface area contributed by atoms with Crippen LogP contribution in [0, 0.1) is 19.8 Å². The van der Waals surface area contributed by atoms with Crippen molar-refractivity contribution >= 4 is 17.4 Å². The number of carbonyl (C=O) groups excluding carboxylic acids is 1. The van der Waals surface area contributed by atoms with E-state index in [1.54, 1.807) is 4.68 Å². The molecular formula is C22H23F3N6O. The number of rotatable bonds is 4. The van der Waals surface area contributed by atoms with Gasteiger partial charge < -0.3 is 10.2 Å². The van der Waals surface area contributed by atoms with Crippen LogP contribution in [0.3, 0.4) is 0 Å². The molecule has 4 rings (SSSR count). The summed E-state index contributed by atoms with van der Waals surface area (Å²) in [6.45, 7) is 4.98. The number of carbonyl (C=O) groups is 1. The smallest absolute Gasteiger partial charge is 0.354 e. The molecule has 1 aliphatic heterocycles. The molecule has 1 amide bonds. The molecule has 32 heavy (non-hydrogen) atoms. The highest BCUT2D eigenvalue weighted by atomic mass is 19.4. The van der Waals surface area contributed by atoms with Crippen LogP contribution >= 0.6 is 0 Å². The average molecular weight is 444 g/mol. The molecule has 10 heteroatoms. The predicted octanol–water partition coefficient (Wildman–Crippen LogP) is 4.15. The first kappa shape index (κ1) is 21.8. The lowest BCUT2D eigenvalue weighted by molar-refractivity contribution is -0.137. The van der Waals surface area contributed by atoms with Crippen molar-refractivity contribution in [1.29, 1.82) is 0 Å². The maximum Gasteiger partial charge on any atom is 0.416 e. The van der Waals surface area contributed by atoms with Crippen molar-refractivity contribution in [2.45, 2.75) is 32.9 Å². The van der Waals surface area contributed by atoms with E-state index in [9.17, 15) is 18.0 Å². The molecule has 1 aromatic carbocycles. The normalized spacial score (nSPS) is 16.8. The molecule has 0 aliphatic carbocycles. The van der Waals surface area contributed by atoms with Gasteiger partial charge in [-0.25, -0.2) is 4.68 Å². The Balaban J connectivity index is 1.43. The summed E-state index contributed by atoms with van der Waals surface area (Å²) in [6.07, 6.45) is -3.04. The van der Waals surface area contributed by atoms with Crippen LogP contribution in [0.5, 0.6) is 0 Å². The van der Waals surface area contributed by atoms with Crippen molar-refractivity contribution in [2.75, 3.05) is 23.3 Å². The maximum absolute atomic E-state index is 12.9. The molecule has 1 fully saturated rings. The highest BCUT2D eigenvalue weighted by Gasteiger charge is 2.31. The topological polar surface area (TPSA) is 75.9 Å². The highest BCUT2D eigenvalue weighted by Crippen LogP contribution is 2.31. The molecular weight excluding hydrogens is 421 g/mol. The zero-order valence-electron chi connectivity index (χ0n) is 17.7. The number of alkyl halides is 3. The minimum atomic E-state index is -4.46. The van der Waals surface area contributed by atoms with Crippen LogP contribution in [0.25, 0.3) is 5.82 Å². The Morgan fingerprint density at radius 3 is 2.50 bits per heavy atom. The van der Waals surface area contributed by atoms with Crippen LogP contribution in [0.4, 0.5) is 24.7 Å². The molecule has 168 valence electrons. The monoisotopic (exact) mass is 444 g/mol. The summed E-state index contributed by atoms with van der Waals surface area (Å²) in [5.41, 5.74) is 1.18. The van der Waals surface area contributed by atoms with E-state index >= 15 is 0 Å². The minimum Gasteiger partial charge on any atom is -0.354 e. The standard InChI is InChI=1S/C22H23F3N6O/c1-14-11-15(2)31(29-14)20-9-8-19(27-28-20)30-10-4-5-16(13-30)21(32)26-18-7-3-6-17(12-18)22(23,24)25/h3,6-9,11-12,16H,4-5,10,13H2,1-2H3,(H,26,32). The van der Waals surface area contributed by atoms with Crippen molar-refractivity contribution in [3.8, 4) is 5.82 Å². The summed E-state index contributed by atoms with van der Waals surface area (Å²) in [4.78, 5) is 14.7. The first-order chi connectivity index (χ1) is 15.2. The van der Waals surface area contributed by atoms with Gasteiger partial charge in [0.15, 0.2) is 11.6 Å². The second-order valence-corrected chi connectivity index (χ2v) is 7.94. The Kier molecular flexibility index (Phi) is 5.86. The highest BCUT2D eigenvalue weighted by molar-refractivity contribution is 5.93. The maximum atomic E-state index is 12.9. The third-order valence-corrected chi connectivity index (χ3v) is 5.44. The lowest BCUT2D eigenvalue weighted by Gasteiger charge is -2.32. The molecule has 1 N–H and O–H groups in total. The summed E-state index contributed by atoms with van der Waals surface area (Å²) in [5.74, 6) is 0.582. The summed E-state index contributed by atoms with van der Waals surface area (Å²) in [5, 5.41) is 15.6. The Hall–Kier alpha value is -3.43. The lowest BCUT2D eigenvalue weighted by atomic mass is 9.97. The zero-order valence-corrected chi connectivity index (χ0v) is 17.7. The number of benzene rings is 1. The van der Waals surface area contributed by atoms with Gasteiger partial charge in [-0.05, 0) is 63.1 Å². The second-order valence-electron chi connectivity index (χ2n) is 7.94. The minimum absolute atomic E-state index is 0.135. The van der Waals surface area contributed by atoms with Crippen molar-refractivity contribution in [3.63, 3.8) is 0 Å². The van der Waals surface area contributed by atoms with Gasteiger partial charge in [0.05, 0.1) is 17.2 Å². The van der Waals surface area contributed by atoms with Gasteiger partial charge in [0.1, 0.15) is 0 Å². The van der Waals surface area contributed by atoms with Gasteiger partial charge in [-0.15, -0.1) is 10.2 Å². The molecule has 0 bridgehead atoms. The van der Waals surface area contributed by atoms with Gasteiger partial charge in [0.25, 0.3) is 0 Å². The molecule has 0 spiro atoms. The SMILES string of the molecule is Cc1cc(C)n(-c2ccc(N3CCCC(C(=O)Nc4cccc(C(F)(F)F)c4)C3)nn2)n1. The fourth-order valence-corrected chi connectivity index (χ4v) is 3.88. The van der Waals surface area contributed by atoms with Gasteiger partial charge in [0.2, 0.25) is 5.91 Å². The van der Waals surface area contributed by atoms with Crippen LogP contribution in [0.1, 0.15) is 29.8 Å². The number of halogens is 3. The Labute approximate surface area is 183 Å². The number of hydrogen-bond donors (Lipinski definition) is 1. The van der Waals surface area contributed by atoms with Crippen molar-refractivity contribution in [2.24, 2.45) is 5.92 Å². The van der Waals surface area contributed by atoms with Gasteiger partial charge in [-0.3, -0.25) is 4.79 Å². The molecule has 0 saturated carbocycles. The number of hydrogen-bond acceptors (Lipinski definition) is 5. The van der Waals surface area contributed by atoms with Crippen LogP contribution in [-0.4, -0.2) is 39.0 Å². The first-order valence-electron chi connectivity index (χ1n) is 10.3. The predicted molar refractivity (Wildman–Crippen MR) is 114 cm³/mol. The molecule has 2 aromatic heterocycles. The summed E-state index contributed by atoms with van der Waals surface area (Å²) < 4.78 is 40.5. The number of anilines is 2. The number of nitrogens with zero attached hydrogens (tertiary/aromatic N) is 5. The number of piperidine rings is 1. The summed E-state index contributed by atoms with van der Waals surface area (Å²) >= 11 is 0. The van der Waals surface area contributed by atoms with E-state index in [1.807, 2.05) is 36.9 Å². The Morgan fingerprint density at radius 2 is 1.84 bits per heavy atom. The van der Waals surface area contributed by atoms with E-state index in [-0.39, 0.29) is 17.5 Å². The van der Waals surface area contributed by atoms with E-state index in [0.29, 0.717) is 24.6 Å².